The molecule has 3 amide bonds. The lowest BCUT2D eigenvalue weighted by Crippen LogP contribution is -2.72. The number of nitrogens with one attached hydrogen (secondary N) is 5. The zero-order valence-electron chi connectivity index (χ0n) is 15.6. The molecule has 2 aliphatic heterocycles. The summed E-state index contributed by atoms with van der Waals surface area (Å²) in [6, 6.07) is 13.6. The number of fused-ring (bicyclic) bond motifs is 1. The molecule has 10 heteroatoms. The van der Waals surface area contributed by atoms with Gasteiger partial charge in [-0.2, -0.15) is 0 Å². The fraction of sp³-hybridized carbons (Fsp3) is 0.250. The largest absolute Gasteiger partial charge is 0.353 e. The van der Waals surface area contributed by atoms with E-state index in [0.717, 1.165) is 0 Å². The van der Waals surface area contributed by atoms with Crippen molar-refractivity contribution in [2.24, 2.45) is 11.8 Å². The Morgan fingerprint density at radius 1 is 0.967 bits per heavy atom. The smallest absolute Gasteiger partial charge is 0.229 e. The minimum Gasteiger partial charge on any atom is -0.353 e. The maximum absolute atomic E-state index is 12.8. The van der Waals surface area contributed by atoms with Crippen LogP contribution in [0.2, 0.25) is 10.0 Å². The highest BCUT2D eigenvalue weighted by molar-refractivity contribution is 6.31. The van der Waals surface area contributed by atoms with E-state index in [1.165, 1.54) is 0 Å². The van der Waals surface area contributed by atoms with Crippen LogP contribution in [0.15, 0.2) is 48.5 Å². The number of halogens is 2. The monoisotopic (exact) mass is 447 g/mol. The molecule has 0 radical (unpaired) electrons. The first-order valence-electron chi connectivity index (χ1n) is 9.33. The zero-order chi connectivity index (χ0) is 21.3. The molecule has 156 valence electrons. The standard InChI is InChI=1S/C20H19Cl2N5O3/c21-10-4-6-12(7-5-10)23-18(29)14-9-15(28)25-17-16(14)19(30)27-20(26-17)24-13-3-1-2-11(22)8-13/h1-8,14,16-17,20,24,26H,9H2,(H,23,29)(H,25,28)(H,27,30). The van der Waals surface area contributed by atoms with Crippen LogP contribution in [0.25, 0.3) is 0 Å². The molecule has 0 aliphatic carbocycles. The maximum atomic E-state index is 12.8. The van der Waals surface area contributed by atoms with Crippen LogP contribution in [0.4, 0.5) is 11.4 Å². The Balaban J connectivity index is 1.48. The molecule has 2 aromatic carbocycles. The van der Waals surface area contributed by atoms with E-state index < -0.39 is 30.2 Å². The molecule has 0 spiro atoms. The summed E-state index contributed by atoms with van der Waals surface area (Å²) < 4.78 is 0. The third-order valence-corrected chi connectivity index (χ3v) is 5.52. The number of hydrogen-bond acceptors (Lipinski definition) is 5. The van der Waals surface area contributed by atoms with Gasteiger partial charge in [-0.3, -0.25) is 19.7 Å². The van der Waals surface area contributed by atoms with E-state index in [0.29, 0.717) is 21.4 Å². The van der Waals surface area contributed by atoms with Crippen molar-refractivity contribution in [2.45, 2.75) is 18.9 Å². The van der Waals surface area contributed by atoms with Crippen molar-refractivity contribution >= 4 is 52.3 Å². The Morgan fingerprint density at radius 2 is 1.73 bits per heavy atom. The minimum absolute atomic E-state index is 0.0813. The number of amides is 3. The number of anilines is 2. The van der Waals surface area contributed by atoms with Gasteiger partial charge >= 0.3 is 0 Å². The van der Waals surface area contributed by atoms with Crippen LogP contribution in [-0.4, -0.2) is 30.2 Å². The second-order valence-electron chi connectivity index (χ2n) is 7.14. The van der Waals surface area contributed by atoms with E-state index in [-0.39, 0.29) is 18.2 Å². The van der Waals surface area contributed by atoms with E-state index in [1.54, 1.807) is 48.5 Å². The van der Waals surface area contributed by atoms with E-state index >= 15 is 0 Å². The Morgan fingerprint density at radius 3 is 2.47 bits per heavy atom. The summed E-state index contributed by atoms with van der Waals surface area (Å²) in [5.41, 5.74) is 1.23. The number of hydrogen-bond donors (Lipinski definition) is 5. The summed E-state index contributed by atoms with van der Waals surface area (Å²) in [6.07, 6.45) is -1.42. The van der Waals surface area contributed by atoms with E-state index in [1.807, 2.05) is 0 Å². The molecule has 4 atom stereocenters. The molecular weight excluding hydrogens is 429 g/mol. The van der Waals surface area contributed by atoms with Crippen molar-refractivity contribution < 1.29 is 14.4 Å². The molecule has 4 rings (SSSR count). The second-order valence-corrected chi connectivity index (χ2v) is 8.01. The van der Waals surface area contributed by atoms with Crippen LogP contribution in [0.1, 0.15) is 6.42 Å². The van der Waals surface area contributed by atoms with Gasteiger partial charge in [0.15, 0.2) is 6.29 Å². The highest BCUT2D eigenvalue weighted by atomic mass is 35.5. The van der Waals surface area contributed by atoms with E-state index in [2.05, 4.69) is 26.6 Å². The van der Waals surface area contributed by atoms with Gasteiger partial charge in [-0.1, -0.05) is 29.3 Å². The topological polar surface area (TPSA) is 111 Å². The van der Waals surface area contributed by atoms with Crippen molar-refractivity contribution in [2.75, 3.05) is 10.6 Å². The van der Waals surface area contributed by atoms with Gasteiger partial charge in [0.2, 0.25) is 17.7 Å². The summed E-state index contributed by atoms with van der Waals surface area (Å²) >= 11 is 11.9. The van der Waals surface area contributed by atoms with Crippen molar-refractivity contribution in [1.29, 1.82) is 0 Å². The second kappa shape index (κ2) is 8.51. The van der Waals surface area contributed by atoms with Gasteiger partial charge in [-0.05, 0) is 42.5 Å². The normalized spacial score (nSPS) is 25.5. The number of carbonyl (C=O) groups is 3. The molecule has 0 aromatic heterocycles. The summed E-state index contributed by atoms with van der Waals surface area (Å²) in [7, 11) is 0. The first-order valence-corrected chi connectivity index (χ1v) is 10.1. The van der Waals surface area contributed by atoms with Gasteiger partial charge in [0, 0.05) is 27.8 Å². The molecule has 8 nitrogen and oxygen atoms in total. The minimum atomic E-state index is -0.820. The quantitative estimate of drug-likeness (QED) is 0.492. The molecule has 2 aromatic rings. The number of rotatable bonds is 4. The molecular formula is C20H19Cl2N5O3. The summed E-state index contributed by atoms with van der Waals surface area (Å²) in [4.78, 5) is 37.9. The fourth-order valence-corrected chi connectivity index (χ4v) is 3.98. The van der Waals surface area contributed by atoms with Gasteiger partial charge in [-0.15, -0.1) is 0 Å². The van der Waals surface area contributed by atoms with Crippen LogP contribution in [-0.2, 0) is 14.4 Å². The summed E-state index contributed by atoms with van der Waals surface area (Å²) in [5.74, 6) is -2.63. The third-order valence-electron chi connectivity index (χ3n) is 5.03. The molecule has 2 aliphatic rings. The zero-order valence-corrected chi connectivity index (χ0v) is 17.1. The van der Waals surface area contributed by atoms with Crippen LogP contribution in [0, 0.1) is 11.8 Å². The molecule has 5 N–H and O–H groups in total. The van der Waals surface area contributed by atoms with Crippen molar-refractivity contribution in [3.63, 3.8) is 0 Å². The van der Waals surface area contributed by atoms with Gasteiger partial charge in [0.25, 0.3) is 0 Å². The number of carbonyl (C=O) groups excluding carboxylic acids is 3. The number of piperidine rings is 1. The van der Waals surface area contributed by atoms with E-state index in [9.17, 15) is 14.4 Å². The van der Waals surface area contributed by atoms with Crippen LogP contribution < -0.4 is 26.6 Å². The highest BCUT2D eigenvalue weighted by Gasteiger charge is 2.48. The van der Waals surface area contributed by atoms with Crippen LogP contribution >= 0.6 is 23.2 Å². The van der Waals surface area contributed by atoms with Gasteiger partial charge in [0.05, 0.1) is 18.0 Å². The number of benzene rings is 2. The average molecular weight is 448 g/mol. The van der Waals surface area contributed by atoms with Crippen LogP contribution in [0.3, 0.4) is 0 Å². The molecule has 0 saturated carbocycles. The summed E-state index contributed by atoms with van der Waals surface area (Å²) in [6.45, 7) is 0. The predicted octanol–water partition coefficient (Wildman–Crippen LogP) is 2.13. The molecule has 2 fully saturated rings. The highest BCUT2D eigenvalue weighted by Crippen LogP contribution is 2.28. The van der Waals surface area contributed by atoms with Crippen LogP contribution in [0.5, 0.6) is 0 Å². The first-order chi connectivity index (χ1) is 14.4. The molecule has 2 saturated heterocycles. The molecule has 4 unspecified atom stereocenters. The molecule has 30 heavy (non-hydrogen) atoms. The lowest BCUT2D eigenvalue weighted by Gasteiger charge is -2.43. The Bertz CT molecular complexity index is 985. The Hall–Kier alpha value is -2.81. The lowest BCUT2D eigenvalue weighted by molar-refractivity contribution is -0.144. The lowest BCUT2D eigenvalue weighted by atomic mass is 9.81. The maximum Gasteiger partial charge on any atom is 0.229 e. The van der Waals surface area contributed by atoms with Gasteiger partial charge in [0.1, 0.15) is 0 Å². The summed E-state index contributed by atoms with van der Waals surface area (Å²) in [5, 5.41) is 15.6. The van der Waals surface area contributed by atoms with Crippen molar-refractivity contribution in [1.82, 2.24) is 16.0 Å². The van der Waals surface area contributed by atoms with Crippen molar-refractivity contribution in [3.8, 4) is 0 Å². The van der Waals surface area contributed by atoms with Gasteiger partial charge in [-0.25, -0.2) is 0 Å². The third kappa shape index (κ3) is 4.51. The van der Waals surface area contributed by atoms with Crippen molar-refractivity contribution in [3.05, 3.63) is 58.6 Å². The molecule has 0 bridgehead atoms. The Kier molecular flexibility index (Phi) is 5.80. The Labute approximate surface area is 182 Å². The molecule has 2 heterocycles. The first kappa shape index (κ1) is 20.5. The predicted molar refractivity (Wildman–Crippen MR) is 114 cm³/mol. The SMILES string of the molecule is O=C1CC(C(=O)Nc2ccc(Cl)cc2)C2C(=O)NC(Nc3cccc(Cl)c3)NC2N1. The van der Waals surface area contributed by atoms with Gasteiger partial charge < -0.3 is 21.3 Å². The fourth-order valence-electron chi connectivity index (χ4n) is 3.67. The van der Waals surface area contributed by atoms with E-state index in [4.69, 9.17) is 23.2 Å². The average Bonchev–Trinajstić information content (AvgIpc) is 2.68.